The Morgan fingerprint density at radius 2 is 2.04 bits per heavy atom. The number of amides is 1. The first-order valence-corrected chi connectivity index (χ1v) is 8.40. The van der Waals surface area contributed by atoms with Crippen molar-refractivity contribution in [3.8, 4) is 0 Å². The van der Waals surface area contributed by atoms with Crippen molar-refractivity contribution < 1.29 is 4.79 Å². The quantitative estimate of drug-likeness (QED) is 0.907. The van der Waals surface area contributed by atoms with Crippen molar-refractivity contribution >= 4 is 16.9 Å². The Kier molecular flexibility index (Phi) is 5.11. The number of nitrogens with one attached hydrogen (secondary N) is 1. The summed E-state index contributed by atoms with van der Waals surface area (Å²) in [5.41, 5.74) is 0.186. The van der Waals surface area contributed by atoms with Crippen molar-refractivity contribution in [1.29, 1.82) is 0 Å². The molecule has 1 N–H and O–H groups in total. The van der Waals surface area contributed by atoms with Crippen LogP contribution in [-0.4, -0.2) is 31.3 Å². The normalized spacial score (nSPS) is 13.2. The highest BCUT2D eigenvalue weighted by Gasteiger charge is 2.21. The fourth-order valence-corrected chi connectivity index (χ4v) is 2.52. The van der Waals surface area contributed by atoms with Crippen LogP contribution in [0.25, 0.3) is 11.0 Å². The Labute approximate surface area is 142 Å². The van der Waals surface area contributed by atoms with E-state index in [4.69, 9.17) is 0 Å². The van der Waals surface area contributed by atoms with E-state index < -0.39 is 0 Å². The second-order valence-electron chi connectivity index (χ2n) is 7.21. The molecule has 0 bridgehead atoms. The molecule has 1 unspecified atom stereocenters. The molecule has 0 fully saturated rings. The Bertz CT molecular complexity index is 798. The largest absolute Gasteiger partial charge is 0.354 e. The Morgan fingerprint density at radius 3 is 2.62 bits per heavy atom. The number of hydrogen-bond acceptors (Lipinski definition) is 4. The highest BCUT2D eigenvalue weighted by molar-refractivity contribution is 5.76. The molecule has 2 heterocycles. The van der Waals surface area contributed by atoms with Gasteiger partial charge in [-0.05, 0) is 41.0 Å². The van der Waals surface area contributed by atoms with Crippen LogP contribution in [0.4, 0.5) is 0 Å². The number of carbonyl (C=O) groups excluding carboxylic acids is 1. The molecule has 0 aromatic carbocycles. The first kappa shape index (κ1) is 18.2. The van der Waals surface area contributed by atoms with Gasteiger partial charge in [-0.25, -0.2) is 9.67 Å². The number of aryl methyl sites for hydroxylation is 1. The molecule has 0 aliphatic carbocycles. The number of fused-ring (bicyclic) bond motifs is 1. The second kappa shape index (κ2) is 6.75. The summed E-state index contributed by atoms with van der Waals surface area (Å²) in [5.74, 6) is 0.538. The van der Waals surface area contributed by atoms with Gasteiger partial charge in [0.2, 0.25) is 5.91 Å². The predicted octanol–water partition coefficient (Wildman–Crippen LogP) is 1.96. The monoisotopic (exact) mass is 333 g/mol. The minimum absolute atomic E-state index is 0.0545. The summed E-state index contributed by atoms with van der Waals surface area (Å²) in [6.45, 7) is 12.1. The van der Waals surface area contributed by atoms with Gasteiger partial charge in [-0.1, -0.05) is 6.92 Å². The summed E-state index contributed by atoms with van der Waals surface area (Å²) in [4.78, 5) is 29.2. The standard InChI is InChI=1S/C17H27N5O2/c1-7-11(2)19-14(23)8-9-21-12(3)20-15-13(16(21)24)10-18-22(15)17(4,5)6/h10-11H,7-9H2,1-6H3,(H,19,23). The topological polar surface area (TPSA) is 81.8 Å². The average molecular weight is 333 g/mol. The van der Waals surface area contributed by atoms with Gasteiger partial charge in [-0.2, -0.15) is 5.10 Å². The van der Waals surface area contributed by atoms with Gasteiger partial charge in [0.15, 0.2) is 5.65 Å². The lowest BCUT2D eigenvalue weighted by Gasteiger charge is -2.20. The summed E-state index contributed by atoms with van der Waals surface area (Å²) in [6, 6.07) is 0.140. The number of hydrogen-bond donors (Lipinski definition) is 1. The van der Waals surface area contributed by atoms with Crippen molar-refractivity contribution in [1.82, 2.24) is 24.6 Å². The Balaban J connectivity index is 2.30. The number of aromatic nitrogens is 4. The van der Waals surface area contributed by atoms with Crippen LogP contribution >= 0.6 is 0 Å². The first-order valence-electron chi connectivity index (χ1n) is 8.40. The third-order valence-electron chi connectivity index (χ3n) is 4.10. The van der Waals surface area contributed by atoms with Gasteiger partial charge in [0, 0.05) is 19.0 Å². The molecule has 2 aromatic rings. The molecule has 132 valence electrons. The minimum Gasteiger partial charge on any atom is -0.354 e. The maximum atomic E-state index is 12.7. The van der Waals surface area contributed by atoms with Crippen LogP contribution in [0.15, 0.2) is 11.0 Å². The maximum absolute atomic E-state index is 12.7. The van der Waals surface area contributed by atoms with Crippen LogP contribution in [0.1, 0.15) is 53.3 Å². The van der Waals surface area contributed by atoms with Gasteiger partial charge in [-0.15, -0.1) is 0 Å². The summed E-state index contributed by atoms with van der Waals surface area (Å²) >= 11 is 0. The molecule has 2 rings (SSSR count). The molecule has 0 aliphatic heterocycles. The molecule has 24 heavy (non-hydrogen) atoms. The van der Waals surface area contributed by atoms with Crippen molar-refractivity contribution in [3.05, 3.63) is 22.4 Å². The Hall–Kier alpha value is -2.18. The zero-order valence-electron chi connectivity index (χ0n) is 15.4. The molecule has 1 atom stereocenters. The highest BCUT2D eigenvalue weighted by Crippen LogP contribution is 2.18. The summed E-state index contributed by atoms with van der Waals surface area (Å²) in [5, 5.41) is 7.71. The van der Waals surface area contributed by atoms with Gasteiger partial charge in [-0.3, -0.25) is 14.2 Å². The van der Waals surface area contributed by atoms with E-state index in [0.29, 0.717) is 23.4 Å². The Morgan fingerprint density at radius 1 is 1.38 bits per heavy atom. The van der Waals surface area contributed by atoms with E-state index in [1.54, 1.807) is 22.4 Å². The van der Waals surface area contributed by atoms with Crippen LogP contribution in [-0.2, 0) is 16.9 Å². The van der Waals surface area contributed by atoms with Gasteiger partial charge in [0.05, 0.1) is 11.7 Å². The van der Waals surface area contributed by atoms with E-state index in [-0.39, 0.29) is 29.5 Å². The number of rotatable bonds is 5. The molecular weight excluding hydrogens is 306 g/mol. The molecule has 0 radical (unpaired) electrons. The van der Waals surface area contributed by atoms with Gasteiger partial charge < -0.3 is 5.32 Å². The minimum atomic E-state index is -0.254. The average Bonchev–Trinajstić information content (AvgIpc) is 2.90. The van der Waals surface area contributed by atoms with E-state index in [1.165, 1.54) is 0 Å². The second-order valence-corrected chi connectivity index (χ2v) is 7.21. The molecular formula is C17H27N5O2. The lowest BCUT2D eigenvalue weighted by molar-refractivity contribution is -0.121. The highest BCUT2D eigenvalue weighted by atomic mass is 16.2. The third kappa shape index (κ3) is 3.66. The molecule has 0 saturated heterocycles. The summed E-state index contributed by atoms with van der Waals surface area (Å²) in [6.07, 6.45) is 2.70. The first-order chi connectivity index (χ1) is 11.1. The molecule has 1 amide bonds. The molecule has 0 spiro atoms. The molecule has 7 heteroatoms. The number of nitrogens with zero attached hydrogens (tertiary/aromatic N) is 4. The van der Waals surface area contributed by atoms with Crippen LogP contribution in [0.3, 0.4) is 0 Å². The van der Waals surface area contributed by atoms with Gasteiger partial charge in [0.1, 0.15) is 11.2 Å². The smallest absolute Gasteiger partial charge is 0.264 e. The fourth-order valence-electron chi connectivity index (χ4n) is 2.52. The van der Waals surface area contributed by atoms with E-state index in [9.17, 15) is 9.59 Å². The van der Waals surface area contributed by atoms with Crippen molar-refractivity contribution in [2.45, 2.75) is 72.5 Å². The molecule has 7 nitrogen and oxygen atoms in total. The van der Waals surface area contributed by atoms with Crippen LogP contribution < -0.4 is 10.9 Å². The van der Waals surface area contributed by atoms with Gasteiger partial charge in [0.25, 0.3) is 5.56 Å². The predicted molar refractivity (Wildman–Crippen MR) is 94.0 cm³/mol. The lowest BCUT2D eigenvalue weighted by atomic mass is 10.1. The SMILES string of the molecule is CCC(C)NC(=O)CCn1c(C)nc2c(cnn2C(C)(C)C)c1=O. The van der Waals surface area contributed by atoms with Crippen LogP contribution in [0.5, 0.6) is 0 Å². The van der Waals surface area contributed by atoms with Crippen LogP contribution in [0, 0.1) is 6.92 Å². The fraction of sp³-hybridized carbons (Fsp3) is 0.647. The van der Waals surface area contributed by atoms with E-state index in [1.807, 2.05) is 34.6 Å². The third-order valence-corrected chi connectivity index (χ3v) is 4.10. The van der Waals surface area contributed by atoms with Crippen molar-refractivity contribution in [3.63, 3.8) is 0 Å². The lowest BCUT2D eigenvalue weighted by Crippen LogP contribution is -2.34. The van der Waals surface area contributed by atoms with Crippen molar-refractivity contribution in [2.75, 3.05) is 0 Å². The molecule has 2 aromatic heterocycles. The van der Waals surface area contributed by atoms with E-state index >= 15 is 0 Å². The zero-order valence-corrected chi connectivity index (χ0v) is 15.4. The van der Waals surface area contributed by atoms with Gasteiger partial charge >= 0.3 is 0 Å². The number of carbonyl (C=O) groups is 1. The van der Waals surface area contributed by atoms with E-state index in [0.717, 1.165) is 6.42 Å². The maximum Gasteiger partial charge on any atom is 0.264 e. The summed E-state index contributed by atoms with van der Waals surface area (Å²) in [7, 11) is 0. The molecule has 0 aliphatic rings. The summed E-state index contributed by atoms with van der Waals surface area (Å²) < 4.78 is 3.31. The van der Waals surface area contributed by atoms with Crippen molar-refractivity contribution in [2.24, 2.45) is 0 Å². The molecule has 0 saturated carbocycles. The van der Waals surface area contributed by atoms with Crippen LogP contribution in [0.2, 0.25) is 0 Å². The zero-order chi connectivity index (χ0) is 18.1. The van der Waals surface area contributed by atoms with E-state index in [2.05, 4.69) is 15.4 Å².